The molecule has 5 nitrogen and oxygen atoms in total. The molecule has 0 unspecified atom stereocenters. The standard InChI is InChI=1S/C17H21NO4.ClH/c1-10-3-5-11(6-4-10)15(20)17(16(21)22)13-8-7-12(18(13)2)9-14(17)19;/h3-6,12-14,19H,7-9H2,1-2H3,(H,21,22);1H/t12-,13+,14-,17+;/m0./s1. The Morgan fingerprint density at radius 1 is 1.22 bits per heavy atom. The lowest BCUT2D eigenvalue weighted by atomic mass is 9.67. The molecule has 0 spiro atoms. The Hall–Kier alpha value is -1.43. The van der Waals surface area contributed by atoms with E-state index in [1.54, 1.807) is 24.3 Å². The Balaban J connectivity index is 0.00000192. The smallest absolute Gasteiger partial charge is 0.321 e. The van der Waals surface area contributed by atoms with E-state index in [2.05, 4.69) is 0 Å². The fraction of sp³-hybridized carbons (Fsp3) is 0.529. The maximum atomic E-state index is 13.1. The van der Waals surface area contributed by atoms with Crippen molar-refractivity contribution in [3.8, 4) is 0 Å². The summed E-state index contributed by atoms with van der Waals surface area (Å²) in [4.78, 5) is 27.1. The Morgan fingerprint density at radius 2 is 1.83 bits per heavy atom. The van der Waals surface area contributed by atoms with Crippen LogP contribution in [-0.4, -0.2) is 52.1 Å². The van der Waals surface area contributed by atoms with Crippen molar-refractivity contribution in [1.82, 2.24) is 4.90 Å². The average Bonchev–Trinajstić information content (AvgIpc) is 2.74. The van der Waals surface area contributed by atoms with E-state index < -0.39 is 29.3 Å². The fourth-order valence-electron chi connectivity index (χ4n) is 4.14. The highest BCUT2D eigenvalue weighted by molar-refractivity contribution is 6.13. The lowest BCUT2D eigenvalue weighted by Crippen LogP contribution is -2.64. The van der Waals surface area contributed by atoms with E-state index in [0.29, 0.717) is 18.4 Å². The molecule has 2 saturated heterocycles. The lowest BCUT2D eigenvalue weighted by Gasteiger charge is -2.46. The van der Waals surface area contributed by atoms with Gasteiger partial charge in [0.2, 0.25) is 0 Å². The zero-order valence-electron chi connectivity index (χ0n) is 13.2. The van der Waals surface area contributed by atoms with Gasteiger partial charge in [-0.05, 0) is 33.2 Å². The molecule has 4 atom stereocenters. The molecule has 126 valence electrons. The highest BCUT2D eigenvalue weighted by Gasteiger charge is 2.64. The summed E-state index contributed by atoms with van der Waals surface area (Å²) in [6.07, 6.45) is 0.639. The topological polar surface area (TPSA) is 77.8 Å². The number of aliphatic hydroxyl groups excluding tert-OH is 1. The number of aliphatic hydroxyl groups is 1. The second kappa shape index (κ2) is 6.23. The van der Waals surface area contributed by atoms with Crippen LogP contribution in [0, 0.1) is 12.3 Å². The van der Waals surface area contributed by atoms with Crippen molar-refractivity contribution in [2.45, 2.75) is 44.4 Å². The predicted molar refractivity (Wildman–Crippen MR) is 88.0 cm³/mol. The van der Waals surface area contributed by atoms with Gasteiger partial charge in [0.15, 0.2) is 11.2 Å². The number of carboxylic acid groups (broad SMARTS) is 1. The van der Waals surface area contributed by atoms with Crippen LogP contribution in [-0.2, 0) is 4.79 Å². The van der Waals surface area contributed by atoms with Crippen molar-refractivity contribution in [3.05, 3.63) is 35.4 Å². The second-order valence-electron chi connectivity index (χ2n) is 6.53. The average molecular weight is 340 g/mol. The van der Waals surface area contributed by atoms with E-state index in [0.717, 1.165) is 12.0 Å². The Labute approximate surface area is 141 Å². The fourth-order valence-corrected chi connectivity index (χ4v) is 4.14. The van der Waals surface area contributed by atoms with E-state index in [-0.39, 0.29) is 18.4 Å². The SMILES string of the molecule is Cc1ccc(C(=O)[C@]2(C(=O)O)[C@@H](O)C[C@@H]3CC[C@H]2N3C)cc1.Cl. The van der Waals surface area contributed by atoms with Crippen LogP contribution in [0.3, 0.4) is 0 Å². The summed E-state index contributed by atoms with van der Waals surface area (Å²) < 4.78 is 0. The number of carbonyl (C=O) groups excluding carboxylic acids is 1. The van der Waals surface area contributed by atoms with Crippen LogP contribution >= 0.6 is 12.4 Å². The molecule has 2 aliphatic heterocycles. The summed E-state index contributed by atoms with van der Waals surface area (Å²) in [7, 11) is 1.86. The van der Waals surface area contributed by atoms with Crippen LogP contribution < -0.4 is 0 Å². The number of Topliss-reactive ketones (excluding diaryl/α,β-unsaturated/α-hetero) is 1. The number of nitrogens with zero attached hydrogens (tertiary/aromatic N) is 1. The number of hydrogen-bond acceptors (Lipinski definition) is 4. The van der Waals surface area contributed by atoms with Crippen molar-refractivity contribution >= 4 is 24.2 Å². The lowest BCUT2D eigenvalue weighted by molar-refractivity contribution is -0.161. The highest BCUT2D eigenvalue weighted by Crippen LogP contribution is 2.48. The molecule has 23 heavy (non-hydrogen) atoms. The molecule has 6 heteroatoms. The third-order valence-electron chi connectivity index (χ3n) is 5.43. The van der Waals surface area contributed by atoms with Gasteiger partial charge in [-0.25, -0.2) is 0 Å². The summed E-state index contributed by atoms with van der Waals surface area (Å²) in [6, 6.07) is 6.59. The zero-order chi connectivity index (χ0) is 16.1. The van der Waals surface area contributed by atoms with Gasteiger partial charge in [0.05, 0.1) is 6.10 Å². The van der Waals surface area contributed by atoms with Gasteiger partial charge in [-0.15, -0.1) is 12.4 Å². The minimum atomic E-state index is -1.77. The molecule has 2 N–H and O–H groups in total. The molecule has 3 rings (SSSR count). The largest absolute Gasteiger partial charge is 0.480 e. The predicted octanol–water partition coefficient (Wildman–Crippen LogP) is 1.90. The van der Waals surface area contributed by atoms with E-state index in [4.69, 9.17) is 0 Å². The van der Waals surface area contributed by atoms with Gasteiger partial charge in [0.25, 0.3) is 0 Å². The Morgan fingerprint density at radius 3 is 2.39 bits per heavy atom. The van der Waals surface area contributed by atoms with Crippen LogP contribution in [0.1, 0.15) is 35.2 Å². The molecular formula is C17H22ClNO4. The number of rotatable bonds is 3. The van der Waals surface area contributed by atoms with E-state index in [9.17, 15) is 19.8 Å². The molecule has 0 aliphatic carbocycles. The molecular weight excluding hydrogens is 318 g/mol. The number of halogens is 1. The zero-order valence-corrected chi connectivity index (χ0v) is 14.0. The third-order valence-corrected chi connectivity index (χ3v) is 5.43. The number of aliphatic carboxylic acids is 1. The van der Waals surface area contributed by atoms with Crippen molar-refractivity contribution in [2.24, 2.45) is 5.41 Å². The summed E-state index contributed by atoms with van der Waals surface area (Å²) in [6.45, 7) is 1.91. The Kier molecular flexibility index (Phi) is 4.85. The molecule has 0 radical (unpaired) electrons. The number of fused-ring (bicyclic) bond motifs is 2. The monoisotopic (exact) mass is 339 g/mol. The molecule has 1 aromatic rings. The van der Waals surface area contributed by atoms with Gasteiger partial charge in [-0.1, -0.05) is 29.8 Å². The van der Waals surface area contributed by atoms with Crippen LogP contribution in [0.2, 0.25) is 0 Å². The van der Waals surface area contributed by atoms with Gasteiger partial charge in [0.1, 0.15) is 0 Å². The van der Waals surface area contributed by atoms with Crippen molar-refractivity contribution in [1.29, 1.82) is 0 Å². The molecule has 2 fully saturated rings. The first-order valence-corrected chi connectivity index (χ1v) is 7.64. The van der Waals surface area contributed by atoms with Crippen LogP contribution in [0.5, 0.6) is 0 Å². The van der Waals surface area contributed by atoms with Gasteiger partial charge in [0, 0.05) is 17.6 Å². The molecule has 2 bridgehead atoms. The van der Waals surface area contributed by atoms with E-state index >= 15 is 0 Å². The number of benzene rings is 1. The first kappa shape index (κ1) is 17.9. The van der Waals surface area contributed by atoms with Crippen LogP contribution in [0.4, 0.5) is 0 Å². The molecule has 0 amide bonds. The number of hydrogen-bond donors (Lipinski definition) is 2. The molecule has 0 aromatic heterocycles. The summed E-state index contributed by atoms with van der Waals surface area (Å²) >= 11 is 0. The quantitative estimate of drug-likeness (QED) is 0.649. The van der Waals surface area contributed by atoms with Gasteiger partial charge < -0.3 is 10.2 Å². The number of piperidine rings is 1. The van der Waals surface area contributed by atoms with Crippen molar-refractivity contribution < 1.29 is 19.8 Å². The molecule has 1 aromatic carbocycles. The number of ketones is 1. The molecule has 0 saturated carbocycles. The maximum Gasteiger partial charge on any atom is 0.321 e. The first-order valence-electron chi connectivity index (χ1n) is 7.64. The number of carbonyl (C=O) groups is 2. The molecule has 2 heterocycles. The summed E-state index contributed by atoms with van der Waals surface area (Å²) in [5.74, 6) is -1.70. The number of carboxylic acids is 1. The Bertz CT molecular complexity index is 618. The van der Waals surface area contributed by atoms with Crippen molar-refractivity contribution in [2.75, 3.05) is 7.05 Å². The maximum absolute atomic E-state index is 13.1. The molecule has 2 aliphatic rings. The van der Waals surface area contributed by atoms with E-state index in [1.165, 1.54) is 0 Å². The van der Waals surface area contributed by atoms with Crippen molar-refractivity contribution in [3.63, 3.8) is 0 Å². The first-order chi connectivity index (χ1) is 10.4. The van der Waals surface area contributed by atoms with Gasteiger partial charge in [-0.3, -0.25) is 14.5 Å². The van der Waals surface area contributed by atoms with Gasteiger partial charge in [-0.2, -0.15) is 0 Å². The van der Waals surface area contributed by atoms with E-state index in [1.807, 2.05) is 18.9 Å². The minimum Gasteiger partial charge on any atom is -0.480 e. The van der Waals surface area contributed by atoms with Crippen LogP contribution in [0.15, 0.2) is 24.3 Å². The highest BCUT2D eigenvalue weighted by atomic mass is 35.5. The minimum absolute atomic E-state index is 0. The summed E-state index contributed by atoms with van der Waals surface area (Å²) in [5, 5.41) is 20.4. The second-order valence-corrected chi connectivity index (χ2v) is 6.53. The van der Waals surface area contributed by atoms with Crippen LogP contribution in [0.25, 0.3) is 0 Å². The summed E-state index contributed by atoms with van der Waals surface area (Å²) in [5.41, 5.74) is -0.411. The van der Waals surface area contributed by atoms with Gasteiger partial charge >= 0.3 is 5.97 Å². The normalized spacial score (nSPS) is 33.1. The number of aryl methyl sites for hydroxylation is 1. The third kappa shape index (κ3) is 2.47.